The van der Waals surface area contributed by atoms with Crippen molar-refractivity contribution in [3.05, 3.63) is 0 Å². The zero-order valence-electron chi connectivity index (χ0n) is 8.11. The molecule has 78 valence electrons. The minimum absolute atomic E-state index is 0.229. The first-order valence-electron chi connectivity index (χ1n) is 5.01. The molecule has 0 aromatic rings. The molecule has 1 fully saturated rings. The molecule has 13 heavy (non-hydrogen) atoms. The lowest BCUT2D eigenvalue weighted by molar-refractivity contribution is 0.0297. The molecule has 4 heteroatoms. The van der Waals surface area contributed by atoms with E-state index in [1.807, 2.05) is 0 Å². The molecule has 0 aliphatic carbocycles. The van der Waals surface area contributed by atoms with E-state index in [0.717, 1.165) is 39.3 Å². The summed E-state index contributed by atoms with van der Waals surface area (Å²) in [5.74, 6) is 0. The van der Waals surface area contributed by atoms with Gasteiger partial charge in [-0.15, -0.1) is 0 Å². The lowest BCUT2D eigenvalue weighted by Gasteiger charge is -2.27. The Labute approximate surface area is 79.7 Å². The minimum Gasteiger partial charge on any atom is -0.393 e. The van der Waals surface area contributed by atoms with Crippen LogP contribution in [0.25, 0.3) is 0 Å². The zero-order valence-corrected chi connectivity index (χ0v) is 8.11. The topological polar surface area (TPSA) is 58.7 Å². The third-order valence-corrected chi connectivity index (χ3v) is 2.38. The van der Waals surface area contributed by atoms with Crippen molar-refractivity contribution in [1.82, 2.24) is 4.90 Å². The van der Waals surface area contributed by atoms with Gasteiger partial charge in [-0.2, -0.15) is 0 Å². The van der Waals surface area contributed by atoms with E-state index < -0.39 is 0 Å². The number of nitrogens with two attached hydrogens (primary N) is 1. The Kier molecular flexibility index (Phi) is 5.31. The first-order valence-corrected chi connectivity index (χ1v) is 5.01. The molecule has 0 aromatic carbocycles. The Balaban J connectivity index is 2.03. The third kappa shape index (κ3) is 4.57. The fourth-order valence-electron chi connectivity index (χ4n) is 1.49. The predicted octanol–water partition coefficient (Wildman–Crippen LogP) is -0.582. The van der Waals surface area contributed by atoms with Crippen LogP contribution in [0.4, 0.5) is 0 Å². The summed E-state index contributed by atoms with van der Waals surface area (Å²) in [7, 11) is 0. The Hall–Kier alpha value is -0.160. The van der Waals surface area contributed by atoms with Gasteiger partial charge in [0, 0.05) is 19.6 Å². The molecule has 0 radical (unpaired) electrons. The van der Waals surface area contributed by atoms with Crippen molar-refractivity contribution >= 4 is 0 Å². The second-order valence-corrected chi connectivity index (χ2v) is 3.47. The summed E-state index contributed by atoms with van der Waals surface area (Å²) in [5, 5.41) is 9.44. The van der Waals surface area contributed by atoms with Gasteiger partial charge in [0.25, 0.3) is 0 Å². The lowest BCUT2D eigenvalue weighted by Crippen LogP contribution is -2.38. The number of rotatable bonds is 5. The molecule has 0 amide bonds. The number of aliphatic hydroxyl groups excluding tert-OH is 1. The fraction of sp³-hybridized carbons (Fsp3) is 1.00. The molecule has 1 heterocycles. The highest BCUT2D eigenvalue weighted by atomic mass is 16.5. The molecule has 1 aliphatic heterocycles. The Morgan fingerprint density at radius 3 is 2.62 bits per heavy atom. The molecule has 1 atom stereocenters. The van der Waals surface area contributed by atoms with Gasteiger partial charge >= 0.3 is 0 Å². The van der Waals surface area contributed by atoms with E-state index in [4.69, 9.17) is 10.5 Å². The highest BCUT2D eigenvalue weighted by Gasteiger charge is 2.11. The molecule has 1 saturated heterocycles. The Morgan fingerprint density at radius 2 is 2.00 bits per heavy atom. The van der Waals surface area contributed by atoms with Crippen LogP contribution in [0.1, 0.15) is 12.8 Å². The van der Waals surface area contributed by atoms with Gasteiger partial charge in [0.15, 0.2) is 0 Å². The molecule has 0 saturated carbocycles. The van der Waals surface area contributed by atoms with Gasteiger partial charge in [-0.1, -0.05) is 0 Å². The average molecular weight is 188 g/mol. The van der Waals surface area contributed by atoms with E-state index in [2.05, 4.69) is 4.90 Å². The van der Waals surface area contributed by atoms with Crippen molar-refractivity contribution in [2.24, 2.45) is 5.73 Å². The average Bonchev–Trinajstić information content (AvgIpc) is 2.17. The van der Waals surface area contributed by atoms with E-state index in [-0.39, 0.29) is 6.10 Å². The van der Waals surface area contributed by atoms with Crippen LogP contribution >= 0.6 is 0 Å². The molecule has 0 aromatic heterocycles. The van der Waals surface area contributed by atoms with Gasteiger partial charge in [0.1, 0.15) is 0 Å². The molecule has 1 rings (SSSR count). The quantitative estimate of drug-likeness (QED) is 0.606. The number of nitrogens with zero attached hydrogens (tertiary/aromatic N) is 1. The normalized spacial score (nSPS) is 21.7. The Morgan fingerprint density at radius 1 is 1.31 bits per heavy atom. The van der Waals surface area contributed by atoms with Crippen LogP contribution in [0.2, 0.25) is 0 Å². The summed E-state index contributed by atoms with van der Waals surface area (Å²) in [4.78, 5) is 2.32. The first kappa shape index (κ1) is 10.9. The number of hydrogen-bond donors (Lipinski definition) is 2. The van der Waals surface area contributed by atoms with Crippen molar-refractivity contribution < 1.29 is 9.84 Å². The maximum atomic E-state index is 9.44. The highest BCUT2D eigenvalue weighted by Crippen LogP contribution is 2.02. The van der Waals surface area contributed by atoms with Crippen molar-refractivity contribution in [1.29, 1.82) is 0 Å². The third-order valence-electron chi connectivity index (χ3n) is 2.38. The van der Waals surface area contributed by atoms with Crippen molar-refractivity contribution in [3.63, 3.8) is 0 Å². The number of morpholine rings is 1. The largest absolute Gasteiger partial charge is 0.393 e. The molecule has 0 bridgehead atoms. The van der Waals surface area contributed by atoms with Gasteiger partial charge in [0.2, 0.25) is 0 Å². The fourth-order valence-corrected chi connectivity index (χ4v) is 1.49. The molecular formula is C9H20N2O2. The molecule has 1 aliphatic rings. The maximum Gasteiger partial charge on any atom is 0.0594 e. The van der Waals surface area contributed by atoms with Gasteiger partial charge in [-0.3, -0.25) is 4.90 Å². The summed E-state index contributed by atoms with van der Waals surface area (Å²) < 4.78 is 5.23. The summed E-state index contributed by atoms with van der Waals surface area (Å²) in [6.45, 7) is 5.18. The van der Waals surface area contributed by atoms with Crippen LogP contribution in [0, 0.1) is 0 Å². The van der Waals surface area contributed by atoms with E-state index in [1.165, 1.54) is 0 Å². The summed E-state index contributed by atoms with van der Waals surface area (Å²) in [6, 6.07) is 0. The van der Waals surface area contributed by atoms with Crippen molar-refractivity contribution in [2.45, 2.75) is 18.9 Å². The molecule has 4 nitrogen and oxygen atoms in total. The van der Waals surface area contributed by atoms with Crippen LogP contribution in [0.3, 0.4) is 0 Å². The van der Waals surface area contributed by atoms with Crippen LogP contribution in [-0.4, -0.2) is 55.5 Å². The van der Waals surface area contributed by atoms with Crippen LogP contribution in [0.15, 0.2) is 0 Å². The van der Waals surface area contributed by atoms with Gasteiger partial charge < -0.3 is 15.6 Å². The van der Waals surface area contributed by atoms with E-state index >= 15 is 0 Å². The number of ether oxygens (including phenoxy) is 1. The maximum absolute atomic E-state index is 9.44. The molecular weight excluding hydrogens is 168 g/mol. The highest BCUT2D eigenvalue weighted by molar-refractivity contribution is 4.65. The first-order chi connectivity index (χ1) is 6.33. The molecule has 0 unspecified atom stereocenters. The zero-order chi connectivity index (χ0) is 9.52. The SMILES string of the molecule is NCC[C@H](O)CCN1CCOCC1. The van der Waals surface area contributed by atoms with Crippen molar-refractivity contribution in [3.8, 4) is 0 Å². The van der Waals surface area contributed by atoms with Crippen LogP contribution in [-0.2, 0) is 4.74 Å². The summed E-state index contributed by atoms with van der Waals surface area (Å²) in [6.07, 6.45) is 1.31. The number of aliphatic hydroxyl groups is 1. The lowest BCUT2D eigenvalue weighted by atomic mass is 10.2. The van der Waals surface area contributed by atoms with Crippen LogP contribution in [0.5, 0.6) is 0 Å². The predicted molar refractivity (Wildman–Crippen MR) is 51.6 cm³/mol. The van der Waals surface area contributed by atoms with E-state index in [0.29, 0.717) is 13.0 Å². The second kappa shape index (κ2) is 6.32. The van der Waals surface area contributed by atoms with E-state index in [1.54, 1.807) is 0 Å². The minimum atomic E-state index is -0.229. The van der Waals surface area contributed by atoms with Gasteiger partial charge in [0.05, 0.1) is 19.3 Å². The molecule has 3 N–H and O–H groups in total. The van der Waals surface area contributed by atoms with E-state index in [9.17, 15) is 5.11 Å². The van der Waals surface area contributed by atoms with Crippen LogP contribution < -0.4 is 5.73 Å². The molecule has 0 spiro atoms. The second-order valence-electron chi connectivity index (χ2n) is 3.47. The number of hydrogen-bond acceptors (Lipinski definition) is 4. The Bertz CT molecular complexity index is 127. The standard InChI is InChI=1S/C9H20N2O2/c10-3-1-9(12)2-4-11-5-7-13-8-6-11/h9,12H,1-8,10H2/t9-/m0/s1. The van der Waals surface area contributed by atoms with Crippen molar-refractivity contribution in [2.75, 3.05) is 39.4 Å². The van der Waals surface area contributed by atoms with Gasteiger partial charge in [-0.05, 0) is 19.4 Å². The monoisotopic (exact) mass is 188 g/mol. The smallest absolute Gasteiger partial charge is 0.0594 e. The summed E-state index contributed by atoms with van der Waals surface area (Å²) in [5.41, 5.74) is 5.34. The summed E-state index contributed by atoms with van der Waals surface area (Å²) >= 11 is 0. The van der Waals surface area contributed by atoms with Gasteiger partial charge in [-0.25, -0.2) is 0 Å².